The molecule has 114 valence electrons. The van der Waals surface area contributed by atoms with E-state index in [-0.39, 0.29) is 17.3 Å². The van der Waals surface area contributed by atoms with Gasteiger partial charge in [0, 0.05) is 0 Å². The second-order valence-electron chi connectivity index (χ2n) is 4.59. The van der Waals surface area contributed by atoms with Crippen molar-refractivity contribution in [1.29, 1.82) is 0 Å². The molecule has 4 nitrogen and oxygen atoms in total. The Kier molecular flexibility index (Phi) is 5.52. The van der Waals surface area contributed by atoms with E-state index in [1.165, 1.54) is 30.3 Å². The van der Waals surface area contributed by atoms with Gasteiger partial charge in [-0.05, 0) is 24.1 Å². The van der Waals surface area contributed by atoms with E-state index in [1.54, 1.807) is 11.4 Å². The fourth-order valence-electron chi connectivity index (χ4n) is 1.35. The Morgan fingerprint density at radius 3 is 2.10 bits per heavy atom. The minimum absolute atomic E-state index is 0.0912. The van der Waals surface area contributed by atoms with Crippen LogP contribution in [0.25, 0.3) is 0 Å². The number of halogens is 3. The molecule has 2 N–H and O–H groups in total. The summed E-state index contributed by atoms with van der Waals surface area (Å²) in [5.74, 6) is -2.42. The third kappa shape index (κ3) is 5.68. The molecular weight excluding hydrogens is 285 g/mol. The molecule has 0 aliphatic carbocycles. The fourth-order valence-corrected chi connectivity index (χ4v) is 1.35. The first-order valence-corrected chi connectivity index (χ1v) is 6.16. The van der Waals surface area contributed by atoms with Crippen LogP contribution in [0.1, 0.15) is 13.8 Å². The van der Waals surface area contributed by atoms with Gasteiger partial charge in [0.05, 0.1) is 11.4 Å². The summed E-state index contributed by atoms with van der Waals surface area (Å²) >= 11 is 0. The van der Waals surface area contributed by atoms with Gasteiger partial charge in [-0.1, -0.05) is 32.1 Å². The number of hydrogen-bond donors (Lipinski definition) is 2. The van der Waals surface area contributed by atoms with Crippen LogP contribution in [0.3, 0.4) is 0 Å². The first kappa shape index (κ1) is 16.7. The Morgan fingerprint density at radius 2 is 1.62 bits per heavy atom. The number of nitrogens with one attached hydrogen (secondary N) is 2. The molecule has 0 atom stereocenters. The Hall–Kier alpha value is -2.31. The molecular formula is C14H15F3N2O2. The van der Waals surface area contributed by atoms with E-state index in [4.69, 9.17) is 0 Å². The van der Waals surface area contributed by atoms with Crippen LogP contribution in [-0.4, -0.2) is 18.0 Å². The van der Waals surface area contributed by atoms with Gasteiger partial charge >= 0.3 is 12.1 Å². The van der Waals surface area contributed by atoms with Gasteiger partial charge in [-0.3, -0.25) is 9.59 Å². The highest BCUT2D eigenvalue weighted by molar-refractivity contribution is 6.04. The van der Waals surface area contributed by atoms with Crippen molar-refractivity contribution in [3.8, 4) is 0 Å². The van der Waals surface area contributed by atoms with Crippen LogP contribution >= 0.6 is 0 Å². The first-order valence-electron chi connectivity index (χ1n) is 6.16. The summed E-state index contributed by atoms with van der Waals surface area (Å²) in [6, 6.07) is 5.65. The molecule has 0 fully saturated rings. The summed E-state index contributed by atoms with van der Waals surface area (Å²) in [4.78, 5) is 22.5. The number of benzene rings is 1. The molecule has 0 bridgehead atoms. The van der Waals surface area contributed by atoms with Crippen LogP contribution in [0.2, 0.25) is 0 Å². The third-order valence-corrected chi connectivity index (χ3v) is 2.32. The quantitative estimate of drug-likeness (QED) is 0.838. The van der Waals surface area contributed by atoms with Gasteiger partial charge in [0.25, 0.3) is 0 Å². The number of hydrogen-bond acceptors (Lipinski definition) is 2. The topological polar surface area (TPSA) is 58.2 Å². The van der Waals surface area contributed by atoms with Crippen molar-refractivity contribution in [3.63, 3.8) is 0 Å². The number of alkyl halides is 3. The van der Waals surface area contributed by atoms with Gasteiger partial charge in [-0.25, -0.2) is 0 Å². The van der Waals surface area contributed by atoms with Crippen molar-refractivity contribution in [2.45, 2.75) is 20.0 Å². The van der Waals surface area contributed by atoms with Gasteiger partial charge in [-0.15, -0.1) is 0 Å². The van der Waals surface area contributed by atoms with Crippen LogP contribution in [0.5, 0.6) is 0 Å². The standard InChI is InChI=1S/C14H15F3N2O2/c1-9(2)7-8-12(20)18-10-5-3-4-6-11(10)19-13(21)14(15,16)17/h3-9H,1-2H3,(H,18,20)(H,19,21)/b8-7+. The number of amides is 2. The van der Waals surface area contributed by atoms with E-state index >= 15 is 0 Å². The molecule has 0 saturated carbocycles. The van der Waals surface area contributed by atoms with Gasteiger partial charge in [-0.2, -0.15) is 13.2 Å². The maximum atomic E-state index is 12.2. The predicted molar refractivity (Wildman–Crippen MR) is 73.7 cm³/mol. The molecule has 1 aromatic rings. The fraction of sp³-hybridized carbons (Fsp3) is 0.286. The molecule has 0 spiro atoms. The lowest BCUT2D eigenvalue weighted by Gasteiger charge is -2.12. The van der Waals surface area contributed by atoms with Crippen molar-refractivity contribution >= 4 is 23.2 Å². The maximum Gasteiger partial charge on any atom is 0.471 e. The smallest absolute Gasteiger partial charge is 0.321 e. The molecule has 0 saturated heterocycles. The van der Waals surface area contributed by atoms with E-state index in [2.05, 4.69) is 5.32 Å². The largest absolute Gasteiger partial charge is 0.471 e. The van der Waals surface area contributed by atoms with Gasteiger partial charge in [0.15, 0.2) is 0 Å². The molecule has 2 amide bonds. The molecule has 1 aromatic carbocycles. The van der Waals surface area contributed by atoms with Crippen LogP contribution < -0.4 is 10.6 Å². The summed E-state index contributed by atoms with van der Waals surface area (Å²) in [7, 11) is 0. The van der Waals surface area contributed by atoms with Gasteiger partial charge < -0.3 is 10.6 Å². The van der Waals surface area contributed by atoms with E-state index in [0.717, 1.165) is 0 Å². The van der Waals surface area contributed by atoms with Crippen molar-refractivity contribution < 1.29 is 22.8 Å². The Morgan fingerprint density at radius 1 is 1.10 bits per heavy atom. The van der Waals surface area contributed by atoms with Crippen LogP contribution in [-0.2, 0) is 9.59 Å². The average molecular weight is 300 g/mol. The number of rotatable bonds is 4. The number of para-hydroxylation sites is 2. The van der Waals surface area contributed by atoms with Crippen molar-refractivity contribution in [3.05, 3.63) is 36.4 Å². The van der Waals surface area contributed by atoms with Gasteiger partial charge in [0.2, 0.25) is 5.91 Å². The zero-order valence-corrected chi connectivity index (χ0v) is 11.5. The molecule has 21 heavy (non-hydrogen) atoms. The molecule has 0 aliphatic heterocycles. The molecule has 0 unspecified atom stereocenters. The van der Waals surface area contributed by atoms with Crippen LogP contribution in [0, 0.1) is 5.92 Å². The summed E-state index contributed by atoms with van der Waals surface area (Å²) in [5.41, 5.74) is -0.0281. The maximum absolute atomic E-state index is 12.2. The lowest BCUT2D eigenvalue weighted by molar-refractivity contribution is -0.167. The SMILES string of the molecule is CC(C)/C=C/C(=O)Nc1ccccc1NC(=O)C(F)(F)F. The second-order valence-corrected chi connectivity index (χ2v) is 4.59. The highest BCUT2D eigenvalue weighted by atomic mass is 19.4. The monoisotopic (exact) mass is 300 g/mol. The van der Waals surface area contributed by atoms with Crippen molar-refractivity contribution in [2.75, 3.05) is 10.6 Å². The zero-order valence-electron chi connectivity index (χ0n) is 11.5. The number of carbonyl (C=O) groups is 2. The Balaban J connectivity index is 2.85. The molecule has 0 heterocycles. The summed E-state index contributed by atoms with van der Waals surface area (Å²) in [5, 5.41) is 4.13. The zero-order chi connectivity index (χ0) is 16.0. The number of anilines is 2. The highest BCUT2D eigenvalue weighted by Gasteiger charge is 2.38. The number of carbonyl (C=O) groups excluding carboxylic acids is 2. The summed E-state index contributed by atoms with van der Waals surface area (Å²) < 4.78 is 36.7. The third-order valence-electron chi connectivity index (χ3n) is 2.32. The Labute approximate surface area is 120 Å². The lowest BCUT2D eigenvalue weighted by atomic mass is 10.2. The van der Waals surface area contributed by atoms with Crippen molar-refractivity contribution in [2.24, 2.45) is 5.92 Å². The Bertz CT molecular complexity index is 551. The van der Waals surface area contributed by atoms with E-state index < -0.39 is 18.0 Å². The minimum atomic E-state index is -4.99. The van der Waals surface area contributed by atoms with Gasteiger partial charge in [0.1, 0.15) is 0 Å². The van der Waals surface area contributed by atoms with Crippen molar-refractivity contribution in [1.82, 2.24) is 0 Å². The van der Waals surface area contributed by atoms with E-state index in [9.17, 15) is 22.8 Å². The predicted octanol–water partition coefficient (Wildman–Crippen LogP) is 3.34. The average Bonchev–Trinajstić information content (AvgIpc) is 2.37. The first-order chi connectivity index (χ1) is 9.70. The summed E-state index contributed by atoms with van der Waals surface area (Å²) in [6.07, 6.45) is -2.06. The normalized spacial score (nSPS) is 11.7. The minimum Gasteiger partial charge on any atom is -0.321 e. The number of allylic oxidation sites excluding steroid dienone is 1. The van der Waals surface area contributed by atoms with Crippen LogP contribution in [0.15, 0.2) is 36.4 Å². The molecule has 1 rings (SSSR count). The highest BCUT2D eigenvalue weighted by Crippen LogP contribution is 2.24. The lowest BCUT2D eigenvalue weighted by Crippen LogP contribution is -2.30. The molecule has 7 heteroatoms. The molecule has 0 aromatic heterocycles. The van der Waals surface area contributed by atoms with E-state index in [1.807, 2.05) is 13.8 Å². The van der Waals surface area contributed by atoms with E-state index in [0.29, 0.717) is 0 Å². The van der Waals surface area contributed by atoms with Crippen LogP contribution in [0.4, 0.5) is 24.5 Å². The molecule has 0 aliphatic rings. The molecule has 0 radical (unpaired) electrons. The second kappa shape index (κ2) is 6.92. The summed E-state index contributed by atoms with van der Waals surface area (Å²) in [6.45, 7) is 3.75.